The summed E-state index contributed by atoms with van der Waals surface area (Å²) in [5, 5.41) is 1.26. The first-order valence-electron chi connectivity index (χ1n) is 13.0. The summed E-state index contributed by atoms with van der Waals surface area (Å²) < 4.78 is 1.86. The molecule has 9 heteroatoms. The number of thioether (sulfide) groups is 2. The molecule has 0 fully saturated rings. The molecular formula is C30H42N2NiS6-4. The van der Waals surface area contributed by atoms with Gasteiger partial charge >= 0.3 is 0 Å². The maximum absolute atomic E-state index is 5.55. The average Bonchev–Trinajstić information content (AvgIpc) is 2.93. The van der Waals surface area contributed by atoms with Crippen molar-refractivity contribution in [3.05, 3.63) is 68.1 Å². The smallest absolute Gasteiger partial charge is 0.0361 e. The predicted octanol–water partition coefficient (Wildman–Crippen LogP) is 8.79. The van der Waals surface area contributed by atoms with Gasteiger partial charge in [0.05, 0.1) is 0 Å². The fraction of sp³-hybridized carbons (Fsp3) is 0.467. The quantitative estimate of drug-likeness (QED) is 0.123. The molecule has 0 saturated heterocycles. The Hall–Kier alpha value is -0.406. The van der Waals surface area contributed by atoms with E-state index in [2.05, 4.69) is 61.8 Å². The first-order chi connectivity index (χ1) is 18.0. The van der Waals surface area contributed by atoms with Crippen LogP contribution in [0.25, 0.3) is 9.81 Å². The largest absolute Gasteiger partial charge is 0.781 e. The molecule has 39 heavy (non-hydrogen) atoms. The SMILES string of the molecule is CCC(CC)S/C([S-])=C(/[S-])SC(CC)CC.CN(C)c1ccc(/C([S-])=C(/[S-])c2ccc(N(C)C)cc2)cc1.[Ni]. The zero-order valence-electron chi connectivity index (χ0n) is 24.3. The summed E-state index contributed by atoms with van der Waals surface area (Å²) in [5.74, 6) is 0. The van der Waals surface area contributed by atoms with E-state index in [4.69, 9.17) is 50.5 Å². The van der Waals surface area contributed by atoms with Crippen molar-refractivity contribution in [3.8, 4) is 0 Å². The van der Waals surface area contributed by atoms with E-state index in [-0.39, 0.29) is 16.5 Å². The van der Waals surface area contributed by atoms with Crippen LogP contribution in [0.5, 0.6) is 0 Å². The van der Waals surface area contributed by atoms with Gasteiger partial charge in [0, 0.05) is 66.6 Å². The van der Waals surface area contributed by atoms with E-state index in [1.807, 2.05) is 52.5 Å². The van der Waals surface area contributed by atoms with Gasteiger partial charge in [-0.2, -0.15) is 41.8 Å². The van der Waals surface area contributed by atoms with Crippen LogP contribution in [0.4, 0.5) is 11.4 Å². The summed E-state index contributed by atoms with van der Waals surface area (Å²) in [6, 6.07) is 16.3. The Morgan fingerprint density at radius 2 is 0.821 bits per heavy atom. The van der Waals surface area contributed by atoms with Gasteiger partial charge < -0.3 is 60.3 Å². The van der Waals surface area contributed by atoms with Gasteiger partial charge in [-0.15, -0.1) is 0 Å². The molecule has 0 aromatic heterocycles. The number of rotatable bonds is 12. The van der Waals surface area contributed by atoms with Crippen molar-refractivity contribution in [2.75, 3.05) is 38.0 Å². The zero-order chi connectivity index (χ0) is 28.8. The fourth-order valence-corrected chi connectivity index (χ4v) is 6.76. The third-order valence-electron chi connectivity index (χ3n) is 6.03. The monoisotopic (exact) mass is 680 g/mol. The molecule has 0 aliphatic rings. The first kappa shape index (κ1) is 38.6. The molecule has 2 aromatic carbocycles. The Bertz CT molecular complexity index is 931. The van der Waals surface area contributed by atoms with Crippen LogP contribution in [0.1, 0.15) is 64.5 Å². The Morgan fingerprint density at radius 1 is 0.564 bits per heavy atom. The summed E-state index contributed by atoms with van der Waals surface area (Å²) >= 11 is 25.5. The van der Waals surface area contributed by atoms with Crippen molar-refractivity contribution in [1.82, 2.24) is 0 Å². The van der Waals surface area contributed by atoms with Gasteiger partial charge in [0.25, 0.3) is 0 Å². The van der Waals surface area contributed by atoms with Crippen molar-refractivity contribution < 1.29 is 16.5 Å². The van der Waals surface area contributed by atoms with Crippen LogP contribution in [-0.4, -0.2) is 38.7 Å². The van der Waals surface area contributed by atoms with Gasteiger partial charge in [-0.05, 0) is 61.1 Å². The Kier molecular flexibility index (Phi) is 20.3. The molecule has 0 atom stereocenters. The van der Waals surface area contributed by atoms with Crippen LogP contribution in [-0.2, 0) is 67.0 Å². The fourth-order valence-electron chi connectivity index (χ4n) is 3.39. The maximum atomic E-state index is 5.55. The van der Waals surface area contributed by atoms with Crippen molar-refractivity contribution >= 4 is 95.2 Å². The van der Waals surface area contributed by atoms with E-state index < -0.39 is 0 Å². The first-order valence-corrected chi connectivity index (χ1v) is 16.4. The molecule has 0 aliphatic heterocycles. The minimum atomic E-state index is 0. The van der Waals surface area contributed by atoms with Crippen LogP contribution in [0.15, 0.2) is 57.0 Å². The molecule has 0 amide bonds. The molecule has 0 saturated carbocycles. The van der Waals surface area contributed by atoms with Crippen LogP contribution in [0.3, 0.4) is 0 Å². The van der Waals surface area contributed by atoms with E-state index in [0.717, 1.165) is 40.8 Å². The van der Waals surface area contributed by atoms with Crippen LogP contribution in [0.2, 0.25) is 0 Å². The van der Waals surface area contributed by atoms with Gasteiger partial charge in [-0.3, -0.25) is 0 Å². The third-order valence-corrected chi connectivity index (χ3v) is 11.4. The van der Waals surface area contributed by atoms with Gasteiger partial charge in [-0.1, -0.05) is 52.0 Å². The molecule has 222 valence electrons. The molecule has 0 unspecified atom stereocenters. The summed E-state index contributed by atoms with van der Waals surface area (Å²) in [6.45, 7) is 8.84. The van der Waals surface area contributed by atoms with Crippen molar-refractivity contribution in [2.45, 2.75) is 63.9 Å². The summed E-state index contributed by atoms with van der Waals surface area (Å²) in [6.07, 6.45) is 4.66. The molecule has 2 rings (SSSR count). The standard InChI is InChI=1S/C18H22N2S2.C12H24S4.Ni/c1-19(2)15-9-5-13(6-10-15)17(21)18(22)14-7-11-16(12-8-14)20(3)4;1-5-9(6-2)15-11(13)12(14)16-10(7-3)8-4;/h5-12,21-22H,1-4H3;9-10,13-14H,5-8H2,1-4H3;/p-4/b18-17-;12-11-;. The Balaban J connectivity index is 0.000000762. The molecule has 0 N–H and O–H groups in total. The van der Waals surface area contributed by atoms with Gasteiger partial charge in [0.2, 0.25) is 0 Å². The Labute approximate surface area is 279 Å². The van der Waals surface area contributed by atoms with Crippen molar-refractivity contribution in [1.29, 1.82) is 0 Å². The minimum absolute atomic E-state index is 0. The minimum Gasteiger partial charge on any atom is -0.781 e. The molecule has 0 spiro atoms. The van der Waals surface area contributed by atoms with Crippen molar-refractivity contribution in [3.63, 3.8) is 0 Å². The number of nitrogens with zero attached hydrogens (tertiary/aromatic N) is 2. The topological polar surface area (TPSA) is 6.48 Å². The van der Waals surface area contributed by atoms with E-state index >= 15 is 0 Å². The molecule has 2 nitrogen and oxygen atoms in total. The van der Waals surface area contributed by atoms with E-state index in [0.29, 0.717) is 10.5 Å². The summed E-state index contributed by atoms with van der Waals surface area (Å²) in [7, 11) is 8.07. The van der Waals surface area contributed by atoms with Crippen LogP contribution < -0.4 is 9.80 Å². The number of anilines is 2. The number of hydrogen-bond donors (Lipinski definition) is 0. The molecule has 0 bridgehead atoms. The molecule has 2 aromatic rings. The van der Waals surface area contributed by atoms with E-state index in [9.17, 15) is 0 Å². The predicted molar refractivity (Wildman–Crippen MR) is 189 cm³/mol. The van der Waals surface area contributed by atoms with Crippen LogP contribution >= 0.6 is 23.5 Å². The number of benzene rings is 2. The Morgan fingerprint density at radius 3 is 1.03 bits per heavy atom. The average molecular weight is 682 g/mol. The second-order valence-electron chi connectivity index (χ2n) is 9.23. The van der Waals surface area contributed by atoms with E-state index in [1.54, 1.807) is 23.5 Å². The second-order valence-corrected chi connectivity index (χ2v) is 14.0. The zero-order valence-corrected chi connectivity index (χ0v) is 30.1. The molecular weight excluding hydrogens is 639 g/mol. The third kappa shape index (κ3) is 13.4. The van der Waals surface area contributed by atoms with Gasteiger partial charge in [-0.25, -0.2) is 0 Å². The second kappa shape index (κ2) is 20.5. The van der Waals surface area contributed by atoms with E-state index in [1.165, 1.54) is 25.7 Å². The van der Waals surface area contributed by atoms with Crippen molar-refractivity contribution in [2.24, 2.45) is 0 Å². The normalized spacial score (nSPS) is 12.2. The van der Waals surface area contributed by atoms with Gasteiger partial charge in [0.15, 0.2) is 0 Å². The maximum Gasteiger partial charge on any atom is 0.0361 e. The van der Waals surface area contributed by atoms with Crippen LogP contribution in [0, 0.1) is 0 Å². The molecule has 0 radical (unpaired) electrons. The molecule has 0 heterocycles. The summed E-state index contributed by atoms with van der Waals surface area (Å²) in [5.41, 5.74) is 4.27. The summed E-state index contributed by atoms with van der Waals surface area (Å²) in [4.78, 5) is 5.56. The number of hydrogen-bond acceptors (Lipinski definition) is 8. The molecule has 0 aliphatic carbocycles. The van der Waals surface area contributed by atoms with Gasteiger partial charge in [0.1, 0.15) is 0 Å².